The largest absolute Gasteiger partial charge is 0.366 e. The summed E-state index contributed by atoms with van der Waals surface area (Å²) in [4.78, 5) is 7.75. The number of sulfonamides is 1. The van der Waals surface area contributed by atoms with Crippen LogP contribution in [0.2, 0.25) is 0 Å². The predicted molar refractivity (Wildman–Crippen MR) is 72.1 cm³/mol. The second kappa shape index (κ2) is 7.19. The third-order valence-electron chi connectivity index (χ3n) is 2.06. The predicted octanol–water partition coefficient (Wildman–Crippen LogP) is 0.399. The van der Waals surface area contributed by atoms with Gasteiger partial charge in [0, 0.05) is 19.6 Å². The van der Waals surface area contributed by atoms with Crippen LogP contribution in [-0.4, -0.2) is 44.3 Å². The molecule has 0 saturated carbocycles. The van der Waals surface area contributed by atoms with Crippen LogP contribution >= 0.6 is 0 Å². The van der Waals surface area contributed by atoms with Crippen LogP contribution in [0.4, 0.5) is 16.2 Å². The van der Waals surface area contributed by atoms with Gasteiger partial charge in [-0.05, 0) is 6.42 Å². The Morgan fingerprint density at radius 3 is 2.63 bits per heavy atom. The van der Waals surface area contributed by atoms with Crippen LogP contribution in [0.5, 0.6) is 0 Å². The molecule has 0 spiro atoms. The van der Waals surface area contributed by atoms with Gasteiger partial charge in [0.25, 0.3) is 0 Å². The summed E-state index contributed by atoms with van der Waals surface area (Å²) in [6.45, 7) is 3.07. The highest BCUT2D eigenvalue weighted by Crippen LogP contribution is 2.11. The molecule has 0 amide bonds. The minimum atomic E-state index is -3.24. The Morgan fingerprint density at radius 1 is 1.26 bits per heavy atom. The van der Waals surface area contributed by atoms with Gasteiger partial charge in [-0.3, -0.25) is 0 Å². The molecule has 0 aliphatic carbocycles. The molecule has 3 N–H and O–H groups in total. The standard InChI is InChI=1S/C10H18FN5O2S/c1-3-4-13-10-14-7-8(11)9(16-10)12-5-6-15-19(2,17)18/h7,15H,3-6H2,1-2H3,(H2,12,13,14,16). The number of nitrogens with zero attached hydrogens (tertiary/aromatic N) is 2. The molecule has 19 heavy (non-hydrogen) atoms. The van der Waals surface area contributed by atoms with Crippen LogP contribution in [0, 0.1) is 5.82 Å². The summed E-state index contributed by atoms with van der Waals surface area (Å²) in [5, 5.41) is 5.65. The zero-order valence-corrected chi connectivity index (χ0v) is 11.7. The lowest BCUT2D eigenvalue weighted by Crippen LogP contribution is -2.28. The van der Waals surface area contributed by atoms with E-state index >= 15 is 0 Å². The van der Waals surface area contributed by atoms with Crippen LogP contribution in [0.15, 0.2) is 6.20 Å². The highest BCUT2D eigenvalue weighted by Gasteiger charge is 2.06. The summed E-state index contributed by atoms with van der Waals surface area (Å²) in [7, 11) is -3.24. The van der Waals surface area contributed by atoms with Gasteiger partial charge in [-0.1, -0.05) is 6.92 Å². The van der Waals surface area contributed by atoms with Gasteiger partial charge in [-0.15, -0.1) is 0 Å². The van der Waals surface area contributed by atoms with E-state index in [4.69, 9.17) is 0 Å². The highest BCUT2D eigenvalue weighted by atomic mass is 32.2. The van der Waals surface area contributed by atoms with Crippen molar-refractivity contribution < 1.29 is 12.8 Å². The van der Waals surface area contributed by atoms with Crippen molar-refractivity contribution in [3.63, 3.8) is 0 Å². The molecule has 7 nitrogen and oxygen atoms in total. The van der Waals surface area contributed by atoms with Crippen molar-refractivity contribution in [1.82, 2.24) is 14.7 Å². The quantitative estimate of drug-likeness (QED) is 0.600. The number of anilines is 2. The topological polar surface area (TPSA) is 96.0 Å². The summed E-state index contributed by atoms with van der Waals surface area (Å²) < 4.78 is 37.4. The molecule has 0 aliphatic rings. The van der Waals surface area contributed by atoms with Crippen molar-refractivity contribution in [1.29, 1.82) is 0 Å². The fraction of sp³-hybridized carbons (Fsp3) is 0.600. The van der Waals surface area contributed by atoms with E-state index in [1.54, 1.807) is 0 Å². The Bertz CT molecular complexity index is 509. The Kier molecular flexibility index (Phi) is 5.90. The molecule has 9 heteroatoms. The molecule has 0 atom stereocenters. The van der Waals surface area contributed by atoms with Gasteiger partial charge in [0.2, 0.25) is 16.0 Å². The molecular weight excluding hydrogens is 273 g/mol. The number of aromatic nitrogens is 2. The number of halogens is 1. The lowest BCUT2D eigenvalue weighted by molar-refractivity contribution is 0.588. The molecule has 1 heterocycles. The summed E-state index contributed by atoms with van der Waals surface area (Å²) in [6, 6.07) is 0. The van der Waals surface area contributed by atoms with E-state index in [0.717, 1.165) is 18.9 Å². The molecule has 1 rings (SSSR count). The summed E-state index contributed by atoms with van der Waals surface area (Å²) >= 11 is 0. The van der Waals surface area contributed by atoms with Crippen LogP contribution < -0.4 is 15.4 Å². The van der Waals surface area contributed by atoms with Crippen molar-refractivity contribution in [2.24, 2.45) is 0 Å². The van der Waals surface area contributed by atoms with Crippen molar-refractivity contribution >= 4 is 21.8 Å². The Hall–Kier alpha value is -1.48. The van der Waals surface area contributed by atoms with Crippen molar-refractivity contribution in [2.75, 3.05) is 36.5 Å². The van der Waals surface area contributed by atoms with E-state index in [2.05, 4.69) is 25.3 Å². The van der Waals surface area contributed by atoms with Gasteiger partial charge >= 0.3 is 0 Å². The molecule has 0 fully saturated rings. The first-order chi connectivity index (χ1) is 8.92. The zero-order chi connectivity index (χ0) is 14.3. The second-order valence-corrected chi connectivity index (χ2v) is 5.74. The Balaban J connectivity index is 2.52. The van der Waals surface area contributed by atoms with Gasteiger partial charge in [0.1, 0.15) is 0 Å². The summed E-state index contributed by atoms with van der Waals surface area (Å²) in [5.74, 6) is -0.202. The minimum Gasteiger partial charge on any atom is -0.366 e. The fourth-order valence-corrected chi connectivity index (χ4v) is 1.70. The number of rotatable bonds is 8. The molecule has 0 saturated heterocycles. The van der Waals surface area contributed by atoms with E-state index in [1.165, 1.54) is 0 Å². The molecular formula is C10H18FN5O2S. The van der Waals surface area contributed by atoms with Gasteiger partial charge in [-0.2, -0.15) is 4.98 Å². The first-order valence-electron chi connectivity index (χ1n) is 5.87. The number of hydrogen-bond donors (Lipinski definition) is 3. The average Bonchev–Trinajstić information content (AvgIpc) is 2.33. The zero-order valence-electron chi connectivity index (χ0n) is 10.9. The van der Waals surface area contributed by atoms with Crippen molar-refractivity contribution in [3.8, 4) is 0 Å². The third-order valence-corrected chi connectivity index (χ3v) is 2.79. The van der Waals surface area contributed by atoms with Crippen LogP contribution in [0.25, 0.3) is 0 Å². The van der Waals surface area contributed by atoms with Crippen molar-refractivity contribution in [2.45, 2.75) is 13.3 Å². The van der Waals surface area contributed by atoms with E-state index in [-0.39, 0.29) is 18.9 Å². The average molecular weight is 291 g/mol. The van der Waals surface area contributed by atoms with Gasteiger partial charge in [-0.25, -0.2) is 22.5 Å². The highest BCUT2D eigenvalue weighted by molar-refractivity contribution is 7.88. The van der Waals surface area contributed by atoms with Gasteiger partial charge in [0.05, 0.1) is 12.5 Å². The van der Waals surface area contributed by atoms with E-state index in [1.807, 2.05) is 6.92 Å². The SMILES string of the molecule is CCCNc1ncc(F)c(NCCNS(C)(=O)=O)n1. The molecule has 0 aliphatic heterocycles. The third kappa shape index (κ3) is 6.30. The van der Waals surface area contributed by atoms with E-state index in [0.29, 0.717) is 12.5 Å². The first-order valence-corrected chi connectivity index (χ1v) is 7.76. The van der Waals surface area contributed by atoms with E-state index in [9.17, 15) is 12.8 Å². The summed E-state index contributed by atoms with van der Waals surface area (Å²) in [6.07, 6.45) is 3.03. The molecule has 0 bridgehead atoms. The smallest absolute Gasteiger partial charge is 0.224 e. The number of nitrogens with one attached hydrogen (secondary N) is 3. The van der Waals surface area contributed by atoms with E-state index < -0.39 is 15.8 Å². The van der Waals surface area contributed by atoms with Crippen LogP contribution in [-0.2, 0) is 10.0 Å². The lowest BCUT2D eigenvalue weighted by Gasteiger charge is -2.09. The molecule has 108 valence electrons. The maximum absolute atomic E-state index is 13.4. The minimum absolute atomic E-state index is 0.0453. The normalized spacial score (nSPS) is 11.3. The first kappa shape index (κ1) is 15.6. The monoisotopic (exact) mass is 291 g/mol. The maximum atomic E-state index is 13.4. The molecule has 1 aromatic heterocycles. The molecule has 0 radical (unpaired) electrons. The second-order valence-electron chi connectivity index (χ2n) is 3.91. The molecule has 0 aromatic carbocycles. The lowest BCUT2D eigenvalue weighted by atomic mass is 10.5. The van der Waals surface area contributed by atoms with Crippen LogP contribution in [0.1, 0.15) is 13.3 Å². The number of hydrogen-bond acceptors (Lipinski definition) is 6. The van der Waals surface area contributed by atoms with Gasteiger partial charge in [0.15, 0.2) is 11.6 Å². The summed E-state index contributed by atoms with van der Waals surface area (Å²) in [5.41, 5.74) is 0. The van der Waals surface area contributed by atoms with Crippen LogP contribution in [0.3, 0.4) is 0 Å². The van der Waals surface area contributed by atoms with Gasteiger partial charge < -0.3 is 10.6 Å². The molecule has 1 aromatic rings. The Labute approximate surface area is 112 Å². The maximum Gasteiger partial charge on any atom is 0.224 e. The van der Waals surface area contributed by atoms with Crippen molar-refractivity contribution in [3.05, 3.63) is 12.0 Å². The fourth-order valence-electron chi connectivity index (χ4n) is 1.23. The Morgan fingerprint density at radius 2 is 2.00 bits per heavy atom. The molecule has 0 unspecified atom stereocenters.